The molecule has 0 fully saturated rings. The summed E-state index contributed by atoms with van der Waals surface area (Å²) in [5, 5.41) is 29.4. The van der Waals surface area contributed by atoms with Crippen LogP contribution >= 0.6 is 11.6 Å². The standard InChI is InChI=1S/C11H11ClN2O4/c1-2-10(7-13,9(15)16)8-5-3-4-6-11(8,12)14(17)18/h3-6,8H,2H2,1H3,(H,15,16). The van der Waals surface area contributed by atoms with E-state index in [-0.39, 0.29) is 6.42 Å². The van der Waals surface area contributed by atoms with E-state index < -0.39 is 27.2 Å². The van der Waals surface area contributed by atoms with Crippen LogP contribution in [-0.4, -0.2) is 21.0 Å². The Morgan fingerprint density at radius 2 is 2.33 bits per heavy atom. The number of alkyl halides is 1. The highest BCUT2D eigenvalue weighted by Crippen LogP contribution is 2.45. The van der Waals surface area contributed by atoms with E-state index in [9.17, 15) is 20.0 Å². The Labute approximate surface area is 108 Å². The number of rotatable bonds is 4. The Hall–Kier alpha value is -1.87. The molecule has 1 aliphatic carbocycles. The van der Waals surface area contributed by atoms with E-state index in [4.69, 9.17) is 16.9 Å². The van der Waals surface area contributed by atoms with Gasteiger partial charge < -0.3 is 5.11 Å². The Bertz CT molecular complexity index is 482. The van der Waals surface area contributed by atoms with Gasteiger partial charge in [-0.1, -0.05) is 25.2 Å². The highest BCUT2D eigenvalue weighted by Gasteiger charge is 2.60. The van der Waals surface area contributed by atoms with Gasteiger partial charge in [0.15, 0.2) is 5.41 Å². The normalized spacial score (nSPS) is 29.3. The van der Waals surface area contributed by atoms with Gasteiger partial charge in [0, 0.05) is 11.0 Å². The molecule has 1 aliphatic rings. The molecule has 1 rings (SSSR count). The summed E-state index contributed by atoms with van der Waals surface area (Å²) in [7, 11) is 0. The molecule has 0 heterocycles. The van der Waals surface area contributed by atoms with Crippen LogP contribution in [0.1, 0.15) is 13.3 Å². The molecule has 3 unspecified atom stereocenters. The number of carboxylic acids is 1. The largest absolute Gasteiger partial charge is 0.480 e. The van der Waals surface area contributed by atoms with Crippen molar-refractivity contribution in [3.63, 3.8) is 0 Å². The number of carboxylic acid groups (broad SMARTS) is 1. The van der Waals surface area contributed by atoms with Crippen LogP contribution in [0.15, 0.2) is 24.3 Å². The van der Waals surface area contributed by atoms with Crippen molar-refractivity contribution in [2.24, 2.45) is 11.3 Å². The molecule has 1 N–H and O–H groups in total. The van der Waals surface area contributed by atoms with Crippen molar-refractivity contribution in [2.75, 3.05) is 0 Å². The van der Waals surface area contributed by atoms with E-state index in [2.05, 4.69) is 0 Å². The maximum absolute atomic E-state index is 11.3. The van der Waals surface area contributed by atoms with E-state index in [1.807, 2.05) is 0 Å². The van der Waals surface area contributed by atoms with Gasteiger partial charge in [-0.3, -0.25) is 14.9 Å². The van der Waals surface area contributed by atoms with Crippen LogP contribution in [0.25, 0.3) is 0 Å². The first-order valence-electron chi connectivity index (χ1n) is 5.19. The molecule has 6 nitrogen and oxygen atoms in total. The van der Waals surface area contributed by atoms with E-state index in [1.54, 1.807) is 6.07 Å². The topological polar surface area (TPSA) is 104 Å². The van der Waals surface area contributed by atoms with Gasteiger partial charge in [0.05, 0.1) is 12.0 Å². The number of allylic oxidation sites excluding steroid dienone is 2. The molecule has 0 aromatic carbocycles. The summed E-state index contributed by atoms with van der Waals surface area (Å²) >= 11 is 5.91. The predicted octanol–water partition coefficient (Wildman–Crippen LogP) is 1.94. The average molecular weight is 271 g/mol. The molecule has 0 aliphatic heterocycles. The third kappa shape index (κ3) is 1.87. The fourth-order valence-electron chi connectivity index (χ4n) is 1.99. The molecule has 0 aromatic heterocycles. The molecule has 0 radical (unpaired) electrons. The van der Waals surface area contributed by atoms with Gasteiger partial charge in [-0.2, -0.15) is 5.26 Å². The summed E-state index contributed by atoms with van der Waals surface area (Å²) in [6, 6.07) is 1.67. The molecular weight excluding hydrogens is 260 g/mol. The molecule has 96 valence electrons. The molecule has 3 atom stereocenters. The summed E-state index contributed by atoms with van der Waals surface area (Å²) in [5.41, 5.74) is -1.92. The van der Waals surface area contributed by atoms with Crippen LogP contribution in [0.5, 0.6) is 0 Å². The maximum atomic E-state index is 11.3. The van der Waals surface area contributed by atoms with Crippen molar-refractivity contribution < 1.29 is 14.8 Å². The zero-order valence-electron chi connectivity index (χ0n) is 9.54. The molecule has 18 heavy (non-hydrogen) atoms. The Morgan fingerprint density at radius 3 is 2.72 bits per heavy atom. The lowest BCUT2D eigenvalue weighted by Crippen LogP contribution is -2.50. The number of halogens is 1. The monoisotopic (exact) mass is 270 g/mol. The number of nitrogens with zero attached hydrogens (tertiary/aromatic N) is 2. The second-order valence-electron chi connectivity index (χ2n) is 3.95. The van der Waals surface area contributed by atoms with E-state index in [0.29, 0.717) is 0 Å². The first kappa shape index (κ1) is 14.2. The van der Waals surface area contributed by atoms with Crippen molar-refractivity contribution in [3.05, 3.63) is 34.4 Å². The molecule has 0 bridgehead atoms. The summed E-state index contributed by atoms with van der Waals surface area (Å²) in [6.07, 6.45) is 5.15. The van der Waals surface area contributed by atoms with E-state index in [0.717, 1.165) is 6.08 Å². The molecule has 0 aromatic rings. The first-order valence-corrected chi connectivity index (χ1v) is 5.57. The Kier molecular flexibility index (Phi) is 3.77. The van der Waals surface area contributed by atoms with E-state index >= 15 is 0 Å². The van der Waals surface area contributed by atoms with Crippen LogP contribution in [0.3, 0.4) is 0 Å². The summed E-state index contributed by atoms with van der Waals surface area (Å²) in [6.45, 7) is 1.49. The van der Waals surface area contributed by atoms with Crippen molar-refractivity contribution in [1.29, 1.82) is 5.26 Å². The van der Waals surface area contributed by atoms with Crippen molar-refractivity contribution >= 4 is 17.6 Å². The minimum atomic E-state index is -2.11. The highest BCUT2D eigenvalue weighted by molar-refractivity contribution is 6.24. The molecule has 0 saturated heterocycles. The lowest BCUT2D eigenvalue weighted by Gasteiger charge is -2.34. The smallest absolute Gasteiger partial charge is 0.325 e. The average Bonchev–Trinajstić information content (AvgIpc) is 2.33. The van der Waals surface area contributed by atoms with Crippen LogP contribution in [0, 0.1) is 32.8 Å². The van der Waals surface area contributed by atoms with E-state index in [1.165, 1.54) is 25.2 Å². The quantitative estimate of drug-likeness (QED) is 0.364. The highest BCUT2D eigenvalue weighted by atomic mass is 35.5. The van der Waals surface area contributed by atoms with Gasteiger partial charge in [-0.25, -0.2) is 0 Å². The summed E-state index contributed by atoms with van der Waals surface area (Å²) in [4.78, 5) is 19.5. The van der Waals surface area contributed by atoms with Gasteiger partial charge in [0.1, 0.15) is 0 Å². The zero-order chi connectivity index (χ0) is 14.0. The van der Waals surface area contributed by atoms with Gasteiger partial charge >= 0.3 is 11.0 Å². The Balaban J connectivity index is 3.41. The zero-order valence-corrected chi connectivity index (χ0v) is 10.3. The molecule has 0 spiro atoms. The fraction of sp³-hybridized carbons (Fsp3) is 0.455. The fourth-order valence-corrected chi connectivity index (χ4v) is 2.32. The van der Waals surface area contributed by atoms with Gasteiger partial charge in [-0.05, 0) is 18.0 Å². The van der Waals surface area contributed by atoms with Crippen molar-refractivity contribution in [1.82, 2.24) is 0 Å². The van der Waals surface area contributed by atoms with Crippen LogP contribution < -0.4 is 0 Å². The number of aliphatic carboxylic acids is 1. The SMILES string of the molecule is CCC(C#N)(C(=O)O)C1C=CC=CC1(Cl)[N+](=O)[O-]. The predicted molar refractivity (Wildman–Crippen MR) is 63.3 cm³/mol. The maximum Gasteiger partial charge on any atom is 0.325 e. The number of carbonyl (C=O) groups is 1. The van der Waals surface area contributed by atoms with Crippen LogP contribution in [0.4, 0.5) is 0 Å². The van der Waals surface area contributed by atoms with Gasteiger partial charge in [0.25, 0.3) is 0 Å². The number of nitro groups is 1. The number of hydrogen-bond acceptors (Lipinski definition) is 4. The minimum Gasteiger partial charge on any atom is -0.480 e. The second-order valence-corrected chi connectivity index (χ2v) is 4.55. The van der Waals surface area contributed by atoms with Crippen LogP contribution in [0.2, 0.25) is 0 Å². The molecule has 0 saturated carbocycles. The molecule has 7 heteroatoms. The number of hydrogen-bond donors (Lipinski definition) is 1. The number of nitriles is 1. The molecule has 0 amide bonds. The van der Waals surface area contributed by atoms with Crippen molar-refractivity contribution in [3.8, 4) is 6.07 Å². The summed E-state index contributed by atoms with van der Waals surface area (Å²) in [5.74, 6) is -2.65. The minimum absolute atomic E-state index is 0.0794. The first-order chi connectivity index (χ1) is 8.35. The van der Waals surface area contributed by atoms with Crippen molar-refractivity contribution in [2.45, 2.75) is 18.3 Å². The van der Waals surface area contributed by atoms with Gasteiger partial charge in [0.2, 0.25) is 0 Å². The van der Waals surface area contributed by atoms with Crippen LogP contribution in [-0.2, 0) is 4.79 Å². The summed E-state index contributed by atoms with van der Waals surface area (Å²) < 4.78 is 0. The van der Waals surface area contributed by atoms with Gasteiger partial charge in [-0.15, -0.1) is 0 Å². The Morgan fingerprint density at radius 1 is 1.72 bits per heavy atom. The third-order valence-corrected chi connectivity index (χ3v) is 3.63. The molecular formula is C11H11ClN2O4. The second kappa shape index (κ2) is 4.78. The lowest BCUT2D eigenvalue weighted by molar-refractivity contribution is -0.538. The lowest BCUT2D eigenvalue weighted by atomic mass is 9.69. The third-order valence-electron chi connectivity index (χ3n) is 3.13.